The van der Waals surface area contributed by atoms with Crippen LogP contribution in [0.25, 0.3) is 6.08 Å². The third kappa shape index (κ3) is 5.12. The van der Waals surface area contributed by atoms with Crippen LogP contribution in [-0.4, -0.2) is 47.4 Å². The van der Waals surface area contributed by atoms with E-state index in [0.717, 1.165) is 5.56 Å². The zero-order valence-electron chi connectivity index (χ0n) is 18.8. The van der Waals surface area contributed by atoms with Crippen LogP contribution in [0.15, 0.2) is 54.6 Å². The summed E-state index contributed by atoms with van der Waals surface area (Å²) in [5.74, 6) is -0.438. The molecule has 1 heterocycles. The van der Waals surface area contributed by atoms with Gasteiger partial charge in [-0.2, -0.15) is 0 Å². The van der Waals surface area contributed by atoms with Gasteiger partial charge in [-0.3, -0.25) is 19.4 Å². The van der Waals surface area contributed by atoms with Crippen LogP contribution in [0.1, 0.15) is 23.6 Å². The van der Waals surface area contributed by atoms with E-state index >= 15 is 0 Å². The van der Waals surface area contributed by atoms with E-state index in [1.807, 2.05) is 6.92 Å². The Bertz CT molecular complexity index is 1120. The zero-order valence-corrected chi connectivity index (χ0v) is 19.6. The van der Waals surface area contributed by atoms with E-state index in [1.54, 1.807) is 36.4 Å². The molecule has 0 radical (unpaired) electrons. The Morgan fingerprint density at radius 3 is 2.33 bits per heavy atom. The van der Waals surface area contributed by atoms with Crippen molar-refractivity contribution < 1.29 is 23.5 Å². The lowest BCUT2D eigenvalue weighted by molar-refractivity contribution is -0.132. The molecule has 0 unspecified atom stereocenters. The highest BCUT2D eigenvalue weighted by atomic mass is 32.1. The lowest BCUT2D eigenvalue weighted by Gasteiger charge is -2.31. The van der Waals surface area contributed by atoms with Gasteiger partial charge in [0.25, 0.3) is 11.8 Å². The van der Waals surface area contributed by atoms with Crippen LogP contribution < -0.4 is 9.47 Å². The van der Waals surface area contributed by atoms with Crippen molar-refractivity contribution in [1.29, 1.82) is 0 Å². The molecule has 1 saturated heterocycles. The molecule has 3 rings (SSSR count). The van der Waals surface area contributed by atoms with E-state index in [-0.39, 0.29) is 23.1 Å². The number of allylic oxidation sites excluding steroid dienone is 1. The quantitative estimate of drug-likeness (QED) is 0.252. The van der Waals surface area contributed by atoms with E-state index in [9.17, 15) is 14.0 Å². The lowest BCUT2D eigenvalue weighted by atomic mass is 10.0. The van der Waals surface area contributed by atoms with Crippen LogP contribution in [0.3, 0.4) is 0 Å². The van der Waals surface area contributed by atoms with Gasteiger partial charge in [0.15, 0.2) is 16.6 Å². The molecule has 8 heteroatoms. The minimum absolute atomic E-state index is 0.0133. The Labute approximate surface area is 197 Å². The third-order valence-corrected chi connectivity index (χ3v) is 5.65. The smallest absolute Gasteiger partial charge is 0.265 e. The number of rotatable bonds is 8. The first-order valence-corrected chi connectivity index (χ1v) is 10.8. The molecule has 0 aliphatic carbocycles. The van der Waals surface area contributed by atoms with Gasteiger partial charge in [-0.05, 0) is 55.4 Å². The number of likely N-dealkylation sites (N-methyl/N-ethyl adjacent to an activating group) is 2. The van der Waals surface area contributed by atoms with Crippen molar-refractivity contribution in [2.24, 2.45) is 0 Å². The van der Waals surface area contributed by atoms with Gasteiger partial charge in [0.1, 0.15) is 18.0 Å². The molecule has 0 N–H and O–H groups in total. The van der Waals surface area contributed by atoms with Crippen LogP contribution in [0, 0.1) is 5.82 Å². The summed E-state index contributed by atoms with van der Waals surface area (Å²) in [5, 5.41) is 0.140. The molecule has 1 aliphatic rings. The number of hydrogen-bond acceptors (Lipinski definition) is 5. The first-order valence-electron chi connectivity index (χ1n) is 10.4. The Kier molecular flexibility index (Phi) is 7.60. The van der Waals surface area contributed by atoms with Crippen molar-refractivity contribution in [3.63, 3.8) is 0 Å². The molecule has 172 valence electrons. The van der Waals surface area contributed by atoms with Gasteiger partial charge in [0.05, 0.1) is 6.61 Å². The maximum atomic E-state index is 14.1. The predicted octanol–water partition coefficient (Wildman–Crippen LogP) is 4.13. The molecule has 1 aliphatic heterocycles. The molecular weight excluding hydrogens is 443 g/mol. The number of carbonyl (C=O) groups excluding carboxylic acids is 2. The van der Waals surface area contributed by atoms with Crippen molar-refractivity contribution in [3.05, 3.63) is 77.1 Å². The van der Waals surface area contributed by atoms with E-state index in [1.165, 1.54) is 36.0 Å². The Morgan fingerprint density at radius 2 is 1.73 bits per heavy atom. The minimum atomic E-state index is -0.480. The van der Waals surface area contributed by atoms with Crippen molar-refractivity contribution in [3.8, 4) is 11.5 Å². The monoisotopic (exact) mass is 468 g/mol. The van der Waals surface area contributed by atoms with Crippen LogP contribution >= 0.6 is 12.2 Å². The molecule has 0 bridgehead atoms. The van der Waals surface area contributed by atoms with Gasteiger partial charge in [-0.25, -0.2) is 4.39 Å². The largest absolute Gasteiger partial charge is 0.490 e. The molecule has 2 amide bonds. The number of thiocarbonyl (C=S) groups is 1. The number of nitrogens with zero attached hydrogens (tertiary/aromatic N) is 2. The Morgan fingerprint density at radius 1 is 1.06 bits per heavy atom. The van der Waals surface area contributed by atoms with Gasteiger partial charge in [0.2, 0.25) is 0 Å². The molecule has 6 nitrogen and oxygen atoms in total. The van der Waals surface area contributed by atoms with Crippen molar-refractivity contribution in [2.45, 2.75) is 20.0 Å². The summed E-state index contributed by atoms with van der Waals surface area (Å²) < 4.78 is 25.8. The summed E-state index contributed by atoms with van der Waals surface area (Å²) in [6, 6.07) is 9.86. The SMILES string of the molecule is C=CCc1cc(C=C2C(=O)N(C)C(=S)N(C)C2=O)cc(OCC)c1OCc1ccccc1F. The number of hydrogen-bond donors (Lipinski definition) is 0. The molecular formula is C25H25FN2O4S. The van der Waals surface area contributed by atoms with Gasteiger partial charge in [-0.15, -0.1) is 6.58 Å². The van der Waals surface area contributed by atoms with Crippen LogP contribution in [0.5, 0.6) is 11.5 Å². The number of amides is 2. The van der Waals surface area contributed by atoms with Crippen molar-refractivity contribution in [1.82, 2.24) is 9.80 Å². The second-order valence-electron chi connectivity index (χ2n) is 7.38. The standard InChI is InChI=1S/C25H25FN2O4S/c1-5-9-17-12-16(13-19-23(29)27(3)25(33)28(4)24(19)30)14-21(31-6-2)22(17)32-15-18-10-7-8-11-20(18)26/h5,7-8,10-14H,1,6,9,15H2,2-4H3. The number of carbonyl (C=O) groups is 2. The highest BCUT2D eigenvalue weighted by Gasteiger charge is 2.35. The van der Waals surface area contributed by atoms with Gasteiger partial charge in [-0.1, -0.05) is 24.3 Å². The summed E-state index contributed by atoms with van der Waals surface area (Å²) in [6.07, 6.45) is 3.65. The molecule has 0 spiro atoms. The van der Waals surface area contributed by atoms with Crippen LogP contribution in [0.2, 0.25) is 0 Å². The number of benzene rings is 2. The fourth-order valence-electron chi connectivity index (χ4n) is 3.41. The summed E-state index contributed by atoms with van der Waals surface area (Å²) in [4.78, 5) is 27.9. The maximum Gasteiger partial charge on any atom is 0.265 e. The molecule has 2 aromatic rings. The highest BCUT2D eigenvalue weighted by Crippen LogP contribution is 2.36. The van der Waals surface area contributed by atoms with Crippen LogP contribution in [0.4, 0.5) is 4.39 Å². The molecule has 0 saturated carbocycles. The normalized spacial score (nSPS) is 13.9. The topological polar surface area (TPSA) is 59.1 Å². The van der Waals surface area contributed by atoms with Gasteiger partial charge < -0.3 is 9.47 Å². The number of halogens is 1. The molecule has 1 fully saturated rings. The number of ether oxygens (including phenoxy) is 2. The first kappa shape index (κ1) is 24.1. The van der Waals surface area contributed by atoms with Gasteiger partial charge >= 0.3 is 0 Å². The summed E-state index contributed by atoms with van der Waals surface area (Å²) >= 11 is 5.14. The van der Waals surface area contributed by atoms with Crippen molar-refractivity contribution >= 4 is 35.2 Å². The second kappa shape index (κ2) is 10.4. The fraction of sp³-hybridized carbons (Fsp3) is 0.240. The summed E-state index contributed by atoms with van der Waals surface area (Å²) in [7, 11) is 3.05. The maximum absolute atomic E-state index is 14.1. The fourth-order valence-corrected chi connectivity index (χ4v) is 3.57. The van der Waals surface area contributed by atoms with E-state index in [2.05, 4.69) is 6.58 Å². The summed E-state index contributed by atoms with van der Waals surface area (Å²) in [6.45, 7) is 6.00. The summed E-state index contributed by atoms with van der Waals surface area (Å²) in [5.41, 5.74) is 1.71. The van der Waals surface area contributed by atoms with E-state index in [0.29, 0.717) is 35.7 Å². The predicted molar refractivity (Wildman–Crippen MR) is 128 cm³/mol. The lowest BCUT2D eigenvalue weighted by Crippen LogP contribution is -2.52. The van der Waals surface area contributed by atoms with Crippen molar-refractivity contribution in [2.75, 3.05) is 20.7 Å². The Balaban J connectivity index is 2.03. The first-order chi connectivity index (χ1) is 15.8. The average Bonchev–Trinajstić information content (AvgIpc) is 2.80. The van der Waals surface area contributed by atoms with Gasteiger partial charge in [0, 0.05) is 25.2 Å². The van der Waals surface area contributed by atoms with Crippen LogP contribution in [-0.2, 0) is 22.6 Å². The van der Waals surface area contributed by atoms with E-state index in [4.69, 9.17) is 21.7 Å². The second-order valence-corrected chi connectivity index (χ2v) is 7.75. The van der Waals surface area contributed by atoms with E-state index < -0.39 is 11.8 Å². The molecule has 0 aromatic heterocycles. The average molecular weight is 469 g/mol. The molecule has 33 heavy (non-hydrogen) atoms. The zero-order chi connectivity index (χ0) is 24.1. The highest BCUT2D eigenvalue weighted by molar-refractivity contribution is 7.80. The third-order valence-electron chi connectivity index (χ3n) is 5.10. The molecule has 2 aromatic carbocycles. The minimum Gasteiger partial charge on any atom is -0.490 e. The Hall–Kier alpha value is -3.52. The molecule has 0 atom stereocenters.